The van der Waals surface area contributed by atoms with Gasteiger partial charge in [-0.05, 0) is 30.7 Å². The number of nitrogens with zero attached hydrogens (tertiary/aromatic N) is 2. The molecular weight excluding hydrogens is 413 g/mol. The number of anilines is 1. The lowest BCUT2D eigenvalue weighted by Crippen LogP contribution is -2.14. The summed E-state index contributed by atoms with van der Waals surface area (Å²) < 4.78 is 12.0. The maximum absolute atomic E-state index is 12.7. The van der Waals surface area contributed by atoms with Gasteiger partial charge in [-0.15, -0.1) is 10.2 Å². The Hall–Kier alpha value is -1.80. The average Bonchev–Trinajstić information content (AvgIpc) is 3.09. The summed E-state index contributed by atoms with van der Waals surface area (Å²) in [7, 11) is -1.22. The molecule has 0 saturated carbocycles. The largest absolute Gasteiger partial charge is 0.321 e. The molecule has 5 nitrogen and oxygen atoms in total. The number of amides is 1. The van der Waals surface area contributed by atoms with E-state index >= 15 is 0 Å². The lowest BCUT2D eigenvalue weighted by atomic mass is 10.1. The molecule has 0 aliphatic carbocycles. The molecule has 1 unspecified atom stereocenters. The quantitative estimate of drug-likeness (QED) is 0.650. The number of hydrogen-bond donors (Lipinski definition) is 1. The zero-order valence-corrected chi connectivity index (χ0v) is 16.9. The van der Waals surface area contributed by atoms with Gasteiger partial charge in [0.1, 0.15) is 0 Å². The number of carbonyl (C=O) groups is 1. The van der Waals surface area contributed by atoms with Crippen molar-refractivity contribution in [3.05, 3.63) is 57.6 Å². The molecule has 134 valence electrons. The second-order valence-electron chi connectivity index (χ2n) is 5.38. The van der Waals surface area contributed by atoms with Crippen LogP contribution in [0.15, 0.2) is 40.7 Å². The van der Waals surface area contributed by atoms with Crippen molar-refractivity contribution in [3.8, 4) is 10.6 Å². The normalized spacial score (nSPS) is 12.0. The molecule has 1 aromatic heterocycles. The predicted octanol–water partition coefficient (Wildman–Crippen LogP) is 4.81. The number of hydrogen-bond acceptors (Lipinski definition) is 5. The van der Waals surface area contributed by atoms with Gasteiger partial charge >= 0.3 is 0 Å². The minimum absolute atomic E-state index is 0.218. The van der Waals surface area contributed by atoms with Gasteiger partial charge in [0.15, 0.2) is 5.01 Å². The van der Waals surface area contributed by atoms with Crippen molar-refractivity contribution in [3.63, 3.8) is 0 Å². The van der Waals surface area contributed by atoms with E-state index in [9.17, 15) is 9.00 Å². The summed E-state index contributed by atoms with van der Waals surface area (Å²) in [5.41, 5.74) is 2.19. The number of carbonyl (C=O) groups excluding carboxylic acids is 1. The van der Waals surface area contributed by atoms with Crippen molar-refractivity contribution >= 4 is 56.9 Å². The van der Waals surface area contributed by atoms with Crippen LogP contribution in [-0.2, 0) is 10.8 Å². The minimum atomic E-state index is -1.22. The Morgan fingerprint density at radius 2 is 1.88 bits per heavy atom. The number of nitrogens with one attached hydrogen (secondary N) is 1. The third-order valence-electron chi connectivity index (χ3n) is 3.57. The smallest absolute Gasteiger partial charge is 0.258 e. The third kappa shape index (κ3) is 3.81. The van der Waals surface area contributed by atoms with Crippen LogP contribution in [0.3, 0.4) is 0 Å². The molecule has 0 radical (unpaired) electrons. The number of para-hydroxylation sites is 1. The van der Waals surface area contributed by atoms with Gasteiger partial charge < -0.3 is 5.32 Å². The lowest BCUT2D eigenvalue weighted by molar-refractivity contribution is 0.102. The van der Waals surface area contributed by atoms with Crippen molar-refractivity contribution < 1.29 is 9.00 Å². The first-order valence-electron chi connectivity index (χ1n) is 7.40. The second-order valence-corrected chi connectivity index (χ2v) is 8.70. The first kappa shape index (κ1) is 19.0. The Kier molecular flexibility index (Phi) is 5.72. The highest BCUT2D eigenvalue weighted by molar-refractivity contribution is 7.86. The number of benzene rings is 2. The van der Waals surface area contributed by atoms with Crippen molar-refractivity contribution in [1.29, 1.82) is 0 Å². The fourth-order valence-corrected chi connectivity index (χ4v) is 4.28. The minimum Gasteiger partial charge on any atom is -0.321 e. The number of rotatable bonds is 4. The van der Waals surface area contributed by atoms with Crippen LogP contribution in [0.2, 0.25) is 10.0 Å². The molecule has 2 aromatic carbocycles. The molecule has 1 amide bonds. The zero-order chi connectivity index (χ0) is 18.8. The maximum atomic E-state index is 12.7. The maximum Gasteiger partial charge on any atom is 0.258 e. The fourth-order valence-electron chi connectivity index (χ4n) is 2.26. The lowest BCUT2D eigenvalue weighted by Gasteiger charge is -2.12. The summed E-state index contributed by atoms with van der Waals surface area (Å²) in [5, 5.41) is 12.0. The monoisotopic (exact) mass is 425 g/mol. The number of halogens is 2. The predicted molar refractivity (Wildman–Crippen MR) is 107 cm³/mol. The van der Waals surface area contributed by atoms with Crippen LogP contribution < -0.4 is 5.32 Å². The van der Waals surface area contributed by atoms with E-state index in [0.717, 1.165) is 5.56 Å². The van der Waals surface area contributed by atoms with E-state index in [4.69, 9.17) is 23.2 Å². The van der Waals surface area contributed by atoms with Crippen LogP contribution in [0.5, 0.6) is 0 Å². The standard InChI is InChI=1S/C17H13Cl2N3O2S2/c1-9-7-8-11(18)13(14(9)19)15(23)20-12-6-4-3-5-10(12)16-21-22-17(25-16)26(2)24/h3-8H,1-2H3,(H,20,23). The van der Waals surface area contributed by atoms with E-state index in [1.807, 2.05) is 6.07 Å². The highest BCUT2D eigenvalue weighted by atomic mass is 35.5. The first-order chi connectivity index (χ1) is 12.4. The zero-order valence-electron chi connectivity index (χ0n) is 13.7. The molecule has 26 heavy (non-hydrogen) atoms. The summed E-state index contributed by atoms with van der Waals surface area (Å²) in [5.74, 6) is -0.417. The summed E-state index contributed by atoms with van der Waals surface area (Å²) in [6.45, 7) is 1.80. The van der Waals surface area contributed by atoms with Crippen LogP contribution in [0.4, 0.5) is 5.69 Å². The highest BCUT2D eigenvalue weighted by Gasteiger charge is 2.19. The highest BCUT2D eigenvalue weighted by Crippen LogP contribution is 2.33. The molecule has 3 rings (SSSR count). The van der Waals surface area contributed by atoms with Crippen LogP contribution in [-0.4, -0.2) is 26.6 Å². The van der Waals surface area contributed by atoms with Gasteiger partial charge in [0.25, 0.3) is 5.91 Å². The van der Waals surface area contributed by atoms with Gasteiger partial charge in [-0.25, -0.2) is 0 Å². The molecule has 9 heteroatoms. The van der Waals surface area contributed by atoms with E-state index in [1.165, 1.54) is 11.3 Å². The van der Waals surface area contributed by atoms with Gasteiger partial charge in [0.2, 0.25) is 4.34 Å². The van der Waals surface area contributed by atoms with Gasteiger partial charge in [-0.2, -0.15) is 0 Å². The molecular formula is C17H13Cl2N3O2S2. The Morgan fingerprint density at radius 3 is 2.58 bits per heavy atom. The van der Waals surface area contributed by atoms with Gasteiger partial charge in [-0.3, -0.25) is 9.00 Å². The van der Waals surface area contributed by atoms with Crippen LogP contribution in [0.1, 0.15) is 15.9 Å². The van der Waals surface area contributed by atoms with Crippen molar-refractivity contribution in [1.82, 2.24) is 10.2 Å². The average molecular weight is 426 g/mol. The number of aromatic nitrogens is 2. The van der Waals surface area contributed by atoms with E-state index in [-0.39, 0.29) is 10.6 Å². The Balaban J connectivity index is 1.98. The van der Waals surface area contributed by atoms with Crippen LogP contribution in [0, 0.1) is 6.92 Å². The molecule has 0 bridgehead atoms. The molecule has 0 aliphatic heterocycles. The van der Waals surface area contributed by atoms with Gasteiger partial charge in [0, 0.05) is 11.8 Å². The molecule has 1 heterocycles. The summed E-state index contributed by atoms with van der Waals surface area (Å²) in [4.78, 5) is 12.7. The first-order valence-corrected chi connectivity index (χ1v) is 10.5. The Bertz CT molecular complexity index is 1020. The molecule has 3 aromatic rings. The Morgan fingerprint density at radius 1 is 1.15 bits per heavy atom. The topological polar surface area (TPSA) is 72.0 Å². The van der Waals surface area contributed by atoms with Gasteiger partial charge in [0.05, 0.1) is 32.1 Å². The van der Waals surface area contributed by atoms with Crippen LogP contribution in [0.25, 0.3) is 10.6 Å². The molecule has 0 fully saturated rings. The molecule has 0 spiro atoms. The van der Waals surface area contributed by atoms with Crippen molar-refractivity contribution in [2.45, 2.75) is 11.3 Å². The molecule has 1 N–H and O–H groups in total. The summed E-state index contributed by atoms with van der Waals surface area (Å²) >= 11 is 13.6. The SMILES string of the molecule is Cc1ccc(Cl)c(C(=O)Nc2ccccc2-c2nnc(S(C)=O)s2)c1Cl. The van der Waals surface area contributed by atoms with E-state index < -0.39 is 16.7 Å². The Labute approximate surface area is 166 Å². The van der Waals surface area contributed by atoms with Gasteiger partial charge in [-0.1, -0.05) is 52.7 Å². The van der Waals surface area contributed by atoms with E-state index in [0.29, 0.717) is 25.6 Å². The van der Waals surface area contributed by atoms with Crippen molar-refractivity contribution in [2.75, 3.05) is 11.6 Å². The van der Waals surface area contributed by atoms with Crippen molar-refractivity contribution in [2.24, 2.45) is 0 Å². The number of aryl methyl sites for hydroxylation is 1. The third-order valence-corrected chi connectivity index (χ3v) is 6.65. The van der Waals surface area contributed by atoms with E-state index in [1.54, 1.807) is 43.5 Å². The summed E-state index contributed by atoms with van der Waals surface area (Å²) in [6.07, 6.45) is 1.54. The molecule has 0 saturated heterocycles. The van der Waals surface area contributed by atoms with E-state index in [2.05, 4.69) is 15.5 Å². The molecule has 0 aliphatic rings. The van der Waals surface area contributed by atoms with Crippen LogP contribution >= 0.6 is 34.5 Å². The summed E-state index contributed by atoms with van der Waals surface area (Å²) in [6, 6.07) is 10.5. The second kappa shape index (κ2) is 7.84. The fraction of sp³-hybridized carbons (Fsp3) is 0.118. The molecule has 1 atom stereocenters.